The summed E-state index contributed by atoms with van der Waals surface area (Å²) in [6, 6.07) is 4.30. The van der Waals surface area contributed by atoms with Crippen molar-refractivity contribution >= 4 is 5.69 Å². The number of anilines is 1. The monoisotopic (exact) mass is 241 g/mol. The minimum atomic E-state index is 0.188. The van der Waals surface area contributed by atoms with Crippen LogP contribution in [0, 0.1) is 27.3 Å². The Kier molecular flexibility index (Phi) is 3.04. The summed E-state index contributed by atoms with van der Waals surface area (Å²) < 4.78 is 0. The minimum absolute atomic E-state index is 0.188. The first-order valence-electron chi connectivity index (χ1n) is 6.14. The summed E-state index contributed by atoms with van der Waals surface area (Å²) in [5.41, 5.74) is 5.06. The van der Waals surface area contributed by atoms with E-state index in [1.54, 1.807) is 0 Å². The van der Waals surface area contributed by atoms with Gasteiger partial charge in [-0.2, -0.15) is 0 Å². The Morgan fingerprint density at radius 1 is 1.17 bits per heavy atom. The molecule has 3 heteroatoms. The van der Waals surface area contributed by atoms with Crippen LogP contribution in [0.4, 0.5) is 5.69 Å². The normalized spacial score (nSPS) is 18.9. The number of hydrogen-bond acceptors (Lipinski definition) is 2. The molecule has 1 aromatic carbocycles. The molecule has 1 aromatic rings. The van der Waals surface area contributed by atoms with Crippen molar-refractivity contribution in [2.75, 3.05) is 11.9 Å². The minimum Gasteiger partial charge on any atom is -0.363 e. The van der Waals surface area contributed by atoms with E-state index in [1.165, 1.54) is 22.4 Å². The van der Waals surface area contributed by atoms with E-state index >= 15 is 0 Å². The Morgan fingerprint density at radius 2 is 1.78 bits per heavy atom. The van der Waals surface area contributed by atoms with E-state index in [0.29, 0.717) is 5.82 Å². The largest absolute Gasteiger partial charge is 0.363 e. The van der Waals surface area contributed by atoms with E-state index in [4.69, 9.17) is 6.57 Å². The van der Waals surface area contributed by atoms with Crippen molar-refractivity contribution in [3.63, 3.8) is 0 Å². The molecule has 0 N–H and O–H groups in total. The topological polar surface area (TPSA) is 10.8 Å². The van der Waals surface area contributed by atoms with Crippen molar-refractivity contribution in [3.8, 4) is 0 Å². The molecule has 18 heavy (non-hydrogen) atoms. The molecule has 3 nitrogen and oxygen atoms in total. The number of rotatable bonds is 1. The van der Waals surface area contributed by atoms with Crippen molar-refractivity contribution in [2.24, 2.45) is 0 Å². The summed E-state index contributed by atoms with van der Waals surface area (Å²) >= 11 is 0. The van der Waals surface area contributed by atoms with Crippen LogP contribution in [0.5, 0.6) is 0 Å². The quantitative estimate of drug-likeness (QED) is 0.698. The van der Waals surface area contributed by atoms with E-state index in [2.05, 4.69) is 49.6 Å². The Hall–Kier alpha value is -1.95. The second-order valence-corrected chi connectivity index (χ2v) is 4.92. The highest BCUT2D eigenvalue weighted by Crippen LogP contribution is 2.34. The van der Waals surface area contributed by atoms with Crippen molar-refractivity contribution in [1.29, 1.82) is 0 Å². The summed E-state index contributed by atoms with van der Waals surface area (Å²) in [5.74, 6) is 0.697. The zero-order valence-electron chi connectivity index (χ0n) is 11.7. The fourth-order valence-electron chi connectivity index (χ4n) is 2.39. The third kappa shape index (κ3) is 1.74. The molecule has 1 heterocycles. The molecule has 0 saturated heterocycles. The molecular formula is C15H19N3. The van der Waals surface area contributed by atoms with Crippen LogP contribution in [0.2, 0.25) is 0 Å². The third-order valence-corrected chi connectivity index (χ3v) is 3.86. The fraction of sp³-hybridized carbons (Fsp3) is 0.400. The van der Waals surface area contributed by atoms with Crippen molar-refractivity contribution < 1.29 is 0 Å². The maximum Gasteiger partial charge on any atom is 0.243 e. The molecule has 0 aliphatic carbocycles. The van der Waals surface area contributed by atoms with Crippen LogP contribution in [0.25, 0.3) is 4.85 Å². The van der Waals surface area contributed by atoms with Gasteiger partial charge >= 0.3 is 0 Å². The summed E-state index contributed by atoms with van der Waals surface area (Å²) in [6.07, 6.45) is 2.14. The molecule has 0 aromatic heterocycles. The summed E-state index contributed by atoms with van der Waals surface area (Å²) in [5, 5.41) is 0. The molecule has 0 fully saturated rings. The van der Waals surface area contributed by atoms with Crippen LogP contribution >= 0.6 is 0 Å². The van der Waals surface area contributed by atoms with Gasteiger partial charge in [0.1, 0.15) is 0 Å². The Bertz CT molecular complexity index is 552. The first-order chi connectivity index (χ1) is 8.47. The van der Waals surface area contributed by atoms with Gasteiger partial charge in [-0.1, -0.05) is 18.7 Å². The number of benzene rings is 1. The molecule has 1 atom stereocenters. The molecule has 1 aliphatic heterocycles. The molecule has 0 amide bonds. The lowest BCUT2D eigenvalue weighted by Gasteiger charge is -2.28. The second kappa shape index (κ2) is 4.38. The van der Waals surface area contributed by atoms with Gasteiger partial charge in [0.15, 0.2) is 6.17 Å². The van der Waals surface area contributed by atoms with Gasteiger partial charge in [-0.3, -0.25) is 0 Å². The number of aryl methyl sites for hydroxylation is 2. The van der Waals surface area contributed by atoms with Gasteiger partial charge in [0, 0.05) is 11.9 Å². The number of hydrogen-bond donors (Lipinski definition) is 0. The molecular weight excluding hydrogens is 222 g/mol. The Labute approximate surface area is 109 Å². The first-order valence-corrected chi connectivity index (χ1v) is 6.14. The van der Waals surface area contributed by atoms with Crippen LogP contribution in [0.3, 0.4) is 0 Å². The van der Waals surface area contributed by atoms with E-state index < -0.39 is 0 Å². The highest BCUT2D eigenvalue weighted by Gasteiger charge is 2.30. The van der Waals surface area contributed by atoms with Gasteiger partial charge in [-0.05, 0) is 44.4 Å². The Morgan fingerprint density at radius 3 is 2.33 bits per heavy atom. The molecule has 1 aliphatic rings. The molecule has 94 valence electrons. The maximum absolute atomic E-state index is 7.21. The van der Waals surface area contributed by atoms with E-state index in [0.717, 1.165) is 0 Å². The zero-order chi connectivity index (χ0) is 13.4. The predicted molar refractivity (Wildman–Crippen MR) is 75.0 cm³/mol. The maximum atomic E-state index is 7.21. The van der Waals surface area contributed by atoms with Gasteiger partial charge in [0.2, 0.25) is 5.82 Å². The van der Waals surface area contributed by atoms with Gasteiger partial charge in [0.25, 0.3) is 0 Å². The molecule has 2 rings (SSSR count). The van der Waals surface area contributed by atoms with E-state index in [1.807, 2.05) is 18.1 Å². The smallest absolute Gasteiger partial charge is 0.243 e. The highest BCUT2D eigenvalue weighted by atomic mass is 15.4. The average molecular weight is 241 g/mol. The van der Waals surface area contributed by atoms with Gasteiger partial charge in [-0.15, -0.1) is 0 Å². The van der Waals surface area contributed by atoms with Crippen LogP contribution in [0.15, 0.2) is 24.2 Å². The SMILES string of the molecule is [C-]#[N+]C1=CN(c2c(C)ccc(C)c2C)[C@@H](C)N1C. The van der Waals surface area contributed by atoms with Gasteiger partial charge in [-0.25, -0.2) is 0 Å². The van der Waals surface area contributed by atoms with Crippen LogP contribution in [-0.2, 0) is 0 Å². The third-order valence-electron chi connectivity index (χ3n) is 3.86. The molecule has 0 saturated carbocycles. The second-order valence-electron chi connectivity index (χ2n) is 4.92. The standard InChI is InChI=1S/C15H19N3/c1-10-7-8-11(2)15(12(10)3)18-9-14(16-5)17(6)13(18)4/h7-9,13H,1-4,6H3/t13-/m0/s1. The summed E-state index contributed by atoms with van der Waals surface area (Å²) in [7, 11) is 1.97. The van der Waals surface area contributed by atoms with Crippen LogP contribution in [0.1, 0.15) is 23.6 Å². The zero-order valence-corrected chi connectivity index (χ0v) is 11.7. The first kappa shape index (κ1) is 12.5. The van der Waals surface area contributed by atoms with Crippen LogP contribution in [-0.4, -0.2) is 18.1 Å². The van der Waals surface area contributed by atoms with E-state index in [-0.39, 0.29) is 6.17 Å². The lowest BCUT2D eigenvalue weighted by molar-refractivity contribution is 0.364. The van der Waals surface area contributed by atoms with E-state index in [9.17, 15) is 0 Å². The summed E-state index contributed by atoms with van der Waals surface area (Å²) in [6.45, 7) is 15.7. The lowest BCUT2D eigenvalue weighted by Crippen LogP contribution is -2.35. The summed E-state index contributed by atoms with van der Waals surface area (Å²) in [4.78, 5) is 7.78. The van der Waals surface area contributed by atoms with Gasteiger partial charge in [0.05, 0.1) is 7.05 Å². The van der Waals surface area contributed by atoms with Crippen molar-refractivity contribution in [1.82, 2.24) is 4.90 Å². The van der Waals surface area contributed by atoms with Crippen molar-refractivity contribution in [2.45, 2.75) is 33.9 Å². The fourth-order valence-corrected chi connectivity index (χ4v) is 2.39. The molecule has 0 bridgehead atoms. The number of nitrogens with zero attached hydrogens (tertiary/aromatic N) is 3. The average Bonchev–Trinajstić information content (AvgIpc) is 2.62. The molecule has 0 radical (unpaired) electrons. The molecule has 0 unspecified atom stereocenters. The Balaban J connectivity index is 2.55. The highest BCUT2D eigenvalue weighted by molar-refractivity contribution is 5.65. The lowest BCUT2D eigenvalue weighted by atomic mass is 10.0. The van der Waals surface area contributed by atoms with Crippen LogP contribution < -0.4 is 4.90 Å². The molecule has 0 spiro atoms. The van der Waals surface area contributed by atoms with Crippen molar-refractivity contribution in [3.05, 3.63) is 52.3 Å². The van der Waals surface area contributed by atoms with Gasteiger partial charge < -0.3 is 14.6 Å². The predicted octanol–water partition coefficient (Wildman–Crippen LogP) is 3.43.